The van der Waals surface area contributed by atoms with Gasteiger partial charge in [-0.3, -0.25) is 14.5 Å². The summed E-state index contributed by atoms with van der Waals surface area (Å²) in [6.45, 7) is 20.9. The molecule has 9 nitrogen and oxygen atoms in total. The summed E-state index contributed by atoms with van der Waals surface area (Å²) in [5.74, 6) is -0.268. The minimum atomic E-state index is -0.436. The molecule has 1 heterocycles. The Morgan fingerprint density at radius 3 is 2.38 bits per heavy atom. The lowest BCUT2D eigenvalue weighted by molar-refractivity contribution is -0.141. The van der Waals surface area contributed by atoms with E-state index in [0.29, 0.717) is 56.1 Å². The molecule has 0 aromatic carbocycles. The molecule has 3 atom stereocenters. The molecule has 0 spiro atoms. The van der Waals surface area contributed by atoms with Gasteiger partial charge in [-0.2, -0.15) is 0 Å². The van der Waals surface area contributed by atoms with Gasteiger partial charge in [0.15, 0.2) is 0 Å². The van der Waals surface area contributed by atoms with Crippen LogP contribution in [0.4, 0.5) is 4.79 Å². The standard InChI is InChI=1S/C28H48N4O5/c1-19(2)24(35)37-15-9-10-30-25(36)31-12-11-29-13-14-32-22(33)16-21(23(32)34)26(5,6)17-27(7)18-28(27,8)20(3)4/h20-21,29H,1,9-18H2,2-8H3,(H2,30,31,36). The molecule has 0 bridgehead atoms. The number of hydrogen-bond acceptors (Lipinski definition) is 6. The van der Waals surface area contributed by atoms with Gasteiger partial charge in [0.25, 0.3) is 0 Å². The van der Waals surface area contributed by atoms with Crippen LogP contribution in [-0.4, -0.2) is 68.0 Å². The first kappa shape index (κ1) is 30.8. The molecule has 2 fully saturated rings. The van der Waals surface area contributed by atoms with Crippen LogP contribution in [0.2, 0.25) is 0 Å². The van der Waals surface area contributed by atoms with Crippen molar-refractivity contribution < 1.29 is 23.9 Å². The predicted molar refractivity (Wildman–Crippen MR) is 144 cm³/mol. The second kappa shape index (κ2) is 12.4. The van der Waals surface area contributed by atoms with Crippen LogP contribution in [0, 0.1) is 28.1 Å². The van der Waals surface area contributed by atoms with Crippen LogP contribution in [0.15, 0.2) is 12.2 Å². The molecule has 0 aromatic heterocycles. The third kappa shape index (κ3) is 7.79. The molecule has 2 aliphatic rings. The zero-order valence-corrected chi connectivity index (χ0v) is 23.9. The zero-order valence-electron chi connectivity index (χ0n) is 23.9. The van der Waals surface area contributed by atoms with Crippen molar-refractivity contribution in [2.75, 3.05) is 39.3 Å². The van der Waals surface area contributed by atoms with E-state index in [9.17, 15) is 19.2 Å². The summed E-state index contributed by atoms with van der Waals surface area (Å²) in [5.41, 5.74) is 0.612. The van der Waals surface area contributed by atoms with E-state index in [1.807, 2.05) is 0 Å². The number of rotatable bonds is 15. The maximum absolute atomic E-state index is 13.2. The molecular formula is C28H48N4O5. The highest BCUT2D eigenvalue weighted by molar-refractivity contribution is 6.03. The fraction of sp³-hybridized carbons (Fsp3) is 0.786. The summed E-state index contributed by atoms with van der Waals surface area (Å²) in [6.07, 6.45) is 2.91. The summed E-state index contributed by atoms with van der Waals surface area (Å²) in [7, 11) is 0. The zero-order chi connectivity index (χ0) is 28.0. The van der Waals surface area contributed by atoms with Crippen molar-refractivity contribution in [3.63, 3.8) is 0 Å². The second-order valence-corrected chi connectivity index (χ2v) is 12.3. The number of carbonyl (C=O) groups excluding carboxylic acids is 4. The van der Waals surface area contributed by atoms with E-state index in [2.05, 4.69) is 64.1 Å². The molecule has 0 radical (unpaired) electrons. The number of ether oxygens (including phenoxy) is 1. The van der Waals surface area contributed by atoms with E-state index in [1.54, 1.807) is 6.92 Å². The SMILES string of the molecule is C=C(C)C(=O)OCCCNC(=O)NCCNCCN1C(=O)CC(C(C)(C)CC2(C)CC2(C)C(C)C)C1=O. The summed E-state index contributed by atoms with van der Waals surface area (Å²) < 4.78 is 4.96. The number of esters is 1. The van der Waals surface area contributed by atoms with Crippen LogP contribution in [0.25, 0.3) is 0 Å². The Hall–Kier alpha value is -2.42. The molecule has 1 saturated carbocycles. The Morgan fingerprint density at radius 2 is 1.78 bits per heavy atom. The Labute approximate surface area is 222 Å². The van der Waals surface area contributed by atoms with Gasteiger partial charge in [-0.25, -0.2) is 9.59 Å². The van der Waals surface area contributed by atoms with E-state index in [-0.39, 0.29) is 47.6 Å². The van der Waals surface area contributed by atoms with Crippen LogP contribution in [0.1, 0.15) is 74.1 Å². The highest BCUT2D eigenvalue weighted by atomic mass is 16.5. The number of urea groups is 1. The Bertz CT molecular complexity index is 886. The van der Waals surface area contributed by atoms with Crippen molar-refractivity contribution in [2.24, 2.45) is 28.1 Å². The number of nitrogens with zero attached hydrogens (tertiary/aromatic N) is 1. The summed E-state index contributed by atoms with van der Waals surface area (Å²) in [5, 5.41) is 8.61. The molecule has 3 unspecified atom stereocenters. The van der Waals surface area contributed by atoms with E-state index >= 15 is 0 Å². The van der Waals surface area contributed by atoms with Crippen molar-refractivity contribution in [1.82, 2.24) is 20.9 Å². The molecule has 1 aliphatic heterocycles. The van der Waals surface area contributed by atoms with Gasteiger partial charge in [-0.15, -0.1) is 0 Å². The Balaban J connectivity index is 1.64. The van der Waals surface area contributed by atoms with Crippen LogP contribution < -0.4 is 16.0 Å². The number of imide groups is 1. The number of carbonyl (C=O) groups is 4. The van der Waals surface area contributed by atoms with Crippen molar-refractivity contribution >= 4 is 23.8 Å². The van der Waals surface area contributed by atoms with Crippen LogP contribution in [0.3, 0.4) is 0 Å². The van der Waals surface area contributed by atoms with Gasteiger partial charge in [0.2, 0.25) is 11.8 Å². The summed E-state index contributed by atoms with van der Waals surface area (Å²) in [6, 6.07) is -0.305. The van der Waals surface area contributed by atoms with Crippen LogP contribution >= 0.6 is 0 Å². The fourth-order valence-corrected chi connectivity index (χ4v) is 5.79. The highest BCUT2D eigenvalue weighted by Crippen LogP contribution is 2.71. The number of amides is 4. The molecule has 210 valence electrons. The van der Waals surface area contributed by atoms with Crippen molar-refractivity contribution in [2.45, 2.75) is 74.1 Å². The minimum absolute atomic E-state index is 0.0567. The molecular weight excluding hydrogens is 472 g/mol. The molecule has 9 heteroatoms. The highest BCUT2D eigenvalue weighted by Gasteiger charge is 2.64. The number of hydrogen-bond donors (Lipinski definition) is 3. The van der Waals surface area contributed by atoms with Gasteiger partial charge < -0.3 is 20.7 Å². The van der Waals surface area contributed by atoms with E-state index in [4.69, 9.17) is 4.74 Å². The predicted octanol–water partition coefficient (Wildman–Crippen LogP) is 3.25. The number of likely N-dealkylation sites (tertiary alicyclic amines) is 1. The topological polar surface area (TPSA) is 117 Å². The lowest BCUT2D eigenvalue weighted by Gasteiger charge is -2.35. The molecule has 0 aromatic rings. The maximum Gasteiger partial charge on any atom is 0.333 e. The molecule has 4 amide bonds. The van der Waals surface area contributed by atoms with E-state index < -0.39 is 5.97 Å². The lowest BCUT2D eigenvalue weighted by Crippen LogP contribution is -2.42. The smallest absolute Gasteiger partial charge is 0.333 e. The lowest BCUT2D eigenvalue weighted by atomic mass is 9.68. The van der Waals surface area contributed by atoms with Crippen LogP contribution in [0.5, 0.6) is 0 Å². The van der Waals surface area contributed by atoms with Gasteiger partial charge in [0.1, 0.15) is 0 Å². The van der Waals surface area contributed by atoms with Crippen molar-refractivity contribution in [3.8, 4) is 0 Å². The average molecular weight is 521 g/mol. The Morgan fingerprint density at radius 1 is 1.14 bits per heavy atom. The van der Waals surface area contributed by atoms with Crippen LogP contribution in [-0.2, 0) is 19.1 Å². The first-order valence-electron chi connectivity index (χ1n) is 13.5. The second-order valence-electron chi connectivity index (χ2n) is 12.3. The molecule has 37 heavy (non-hydrogen) atoms. The Kier molecular flexibility index (Phi) is 10.3. The quantitative estimate of drug-likeness (QED) is 0.132. The van der Waals surface area contributed by atoms with E-state index in [0.717, 1.165) is 6.42 Å². The minimum Gasteiger partial charge on any atom is -0.462 e. The van der Waals surface area contributed by atoms with Gasteiger partial charge >= 0.3 is 12.0 Å². The average Bonchev–Trinajstić information content (AvgIpc) is 3.22. The fourth-order valence-electron chi connectivity index (χ4n) is 5.79. The third-order valence-corrected chi connectivity index (χ3v) is 8.61. The van der Waals surface area contributed by atoms with Gasteiger partial charge in [0.05, 0.1) is 12.5 Å². The van der Waals surface area contributed by atoms with E-state index in [1.165, 1.54) is 11.3 Å². The monoisotopic (exact) mass is 520 g/mol. The molecule has 2 rings (SSSR count). The summed E-state index contributed by atoms with van der Waals surface area (Å²) >= 11 is 0. The summed E-state index contributed by atoms with van der Waals surface area (Å²) in [4.78, 5) is 50.3. The van der Waals surface area contributed by atoms with Gasteiger partial charge in [-0.05, 0) is 48.3 Å². The van der Waals surface area contributed by atoms with Gasteiger partial charge in [0, 0.05) is 44.7 Å². The van der Waals surface area contributed by atoms with Crippen molar-refractivity contribution in [1.29, 1.82) is 0 Å². The first-order chi connectivity index (χ1) is 17.1. The maximum atomic E-state index is 13.2. The molecule has 1 aliphatic carbocycles. The van der Waals surface area contributed by atoms with Gasteiger partial charge in [-0.1, -0.05) is 48.1 Å². The number of nitrogens with one attached hydrogen (secondary N) is 3. The largest absolute Gasteiger partial charge is 0.462 e. The van der Waals surface area contributed by atoms with Crippen molar-refractivity contribution in [3.05, 3.63) is 12.2 Å². The normalized spacial score (nSPS) is 25.4. The molecule has 1 saturated heterocycles. The third-order valence-electron chi connectivity index (χ3n) is 8.61. The first-order valence-corrected chi connectivity index (χ1v) is 13.5. The molecule has 3 N–H and O–H groups in total.